The van der Waals surface area contributed by atoms with E-state index >= 15 is 0 Å². The Kier molecular flexibility index (Phi) is 4.76. The Bertz CT molecular complexity index is 143. The van der Waals surface area contributed by atoms with Crippen LogP contribution in [0.2, 0.25) is 0 Å². The minimum atomic E-state index is 0.512. The van der Waals surface area contributed by atoms with Gasteiger partial charge in [-0.15, -0.1) is 0 Å². The summed E-state index contributed by atoms with van der Waals surface area (Å²) in [5.41, 5.74) is 0. The van der Waals surface area contributed by atoms with Crippen molar-refractivity contribution in [1.82, 2.24) is 0 Å². The number of allylic oxidation sites excluding steroid dienone is 1. The predicted octanol–water partition coefficient (Wildman–Crippen LogP) is 2.86. The Morgan fingerprint density at radius 1 is 1.40 bits per heavy atom. The highest BCUT2D eigenvalue weighted by atomic mass is 14.0. The molecule has 0 aliphatic rings. The van der Waals surface area contributed by atoms with Gasteiger partial charge in [0.1, 0.15) is 0 Å². The zero-order valence-electron chi connectivity index (χ0n) is 7.15. The average Bonchev–Trinajstić information content (AvgIpc) is 1.82. The number of hydrogen-bond acceptors (Lipinski definition) is 0. The quantitative estimate of drug-likeness (QED) is 0.512. The third-order valence-corrected chi connectivity index (χ3v) is 1.26. The molecule has 0 heteroatoms. The van der Waals surface area contributed by atoms with Crippen molar-refractivity contribution in [3.63, 3.8) is 0 Å². The highest BCUT2D eigenvalue weighted by Gasteiger charge is 1.99. The smallest absolute Gasteiger partial charge is 0.0180 e. The lowest BCUT2D eigenvalue weighted by molar-refractivity contribution is 0.513. The van der Waals surface area contributed by atoms with Crippen LogP contribution >= 0.6 is 0 Å². The highest BCUT2D eigenvalue weighted by Crippen LogP contribution is 2.08. The molecule has 0 aliphatic carbocycles. The van der Waals surface area contributed by atoms with Gasteiger partial charge in [0.15, 0.2) is 0 Å². The largest absolute Gasteiger partial charge is 0.0954 e. The first-order valence-electron chi connectivity index (χ1n) is 3.78. The first kappa shape index (κ1) is 9.30. The lowest BCUT2D eigenvalue weighted by Crippen LogP contribution is -1.96. The fourth-order valence-electron chi connectivity index (χ4n) is 0.967. The van der Waals surface area contributed by atoms with Crippen molar-refractivity contribution in [2.45, 2.75) is 27.2 Å². The summed E-state index contributed by atoms with van der Waals surface area (Å²) in [4.78, 5) is 0. The van der Waals surface area contributed by atoms with Crippen LogP contribution in [0, 0.1) is 23.7 Å². The molecule has 1 unspecified atom stereocenters. The standard InChI is InChI=1S/C10H16/c1-5-6-7-10(4)8-9(2)3/h5,9-10H,1,8H2,2-4H3. The van der Waals surface area contributed by atoms with Crippen LogP contribution in [0.5, 0.6) is 0 Å². The molecule has 0 N–H and O–H groups in total. The molecular weight excluding hydrogens is 120 g/mol. The molecule has 0 spiro atoms. The number of hydrogen-bond donors (Lipinski definition) is 0. The van der Waals surface area contributed by atoms with Gasteiger partial charge in [0, 0.05) is 5.92 Å². The van der Waals surface area contributed by atoms with Gasteiger partial charge in [0.25, 0.3) is 0 Å². The van der Waals surface area contributed by atoms with Crippen molar-refractivity contribution in [2.75, 3.05) is 0 Å². The van der Waals surface area contributed by atoms with E-state index in [4.69, 9.17) is 0 Å². The fraction of sp³-hybridized carbons (Fsp3) is 0.600. The van der Waals surface area contributed by atoms with Crippen LogP contribution in [0.25, 0.3) is 0 Å². The summed E-state index contributed by atoms with van der Waals surface area (Å²) < 4.78 is 0. The predicted molar refractivity (Wildman–Crippen MR) is 46.6 cm³/mol. The summed E-state index contributed by atoms with van der Waals surface area (Å²) in [6.45, 7) is 10.1. The molecule has 0 fully saturated rings. The van der Waals surface area contributed by atoms with Crippen LogP contribution in [0.1, 0.15) is 27.2 Å². The van der Waals surface area contributed by atoms with E-state index < -0.39 is 0 Å². The zero-order chi connectivity index (χ0) is 7.98. The molecule has 0 bridgehead atoms. The first-order valence-corrected chi connectivity index (χ1v) is 3.78. The van der Waals surface area contributed by atoms with E-state index in [9.17, 15) is 0 Å². The summed E-state index contributed by atoms with van der Waals surface area (Å²) in [6.07, 6.45) is 2.83. The maximum Gasteiger partial charge on any atom is 0.0180 e. The third kappa shape index (κ3) is 5.44. The van der Waals surface area contributed by atoms with E-state index in [1.165, 1.54) is 6.42 Å². The Hall–Kier alpha value is -0.700. The van der Waals surface area contributed by atoms with Crippen molar-refractivity contribution >= 4 is 0 Å². The molecular formula is C10H16. The molecule has 1 atom stereocenters. The average molecular weight is 136 g/mol. The van der Waals surface area contributed by atoms with Crippen molar-refractivity contribution in [2.24, 2.45) is 11.8 Å². The minimum absolute atomic E-state index is 0.512. The lowest BCUT2D eigenvalue weighted by Gasteiger charge is -2.05. The van der Waals surface area contributed by atoms with Crippen LogP contribution in [-0.4, -0.2) is 0 Å². The van der Waals surface area contributed by atoms with Gasteiger partial charge >= 0.3 is 0 Å². The van der Waals surface area contributed by atoms with Crippen LogP contribution in [0.3, 0.4) is 0 Å². The summed E-state index contributed by atoms with van der Waals surface area (Å²) in [5, 5.41) is 0. The van der Waals surface area contributed by atoms with Gasteiger partial charge in [0.05, 0.1) is 0 Å². The molecule has 0 aromatic heterocycles. The molecule has 0 aromatic rings. The summed E-state index contributed by atoms with van der Waals surface area (Å²) >= 11 is 0. The van der Waals surface area contributed by atoms with Crippen molar-refractivity contribution in [3.05, 3.63) is 12.7 Å². The molecule has 56 valence electrons. The van der Waals surface area contributed by atoms with Gasteiger partial charge in [-0.3, -0.25) is 0 Å². The first-order chi connectivity index (χ1) is 4.66. The van der Waals surface area contributed by atoms with Gasteiger partial charge in [-0.05, 0) is 18.4 Å². The maximum atomic E-state index is 3.54. The Balaban J connectivity index is 3.62. The summed E-state index contributed by atoms with van der Waals surface area (Å²) in [5.74, 6) is 7.22. The molecule has 0 nitrogen and oxygen atoms in total. The van der Waals surface area contributed by atoms with E-state index in [1.807, 2.05) is 0 Å². The molecule has 0 rings (SSSR count). The Morgan fingerprint density at radius 2 is 2.00 bits per heavy atom. The summed E-state index contributed by atoms with van der Waals surface area (Å²) in [7, 11) is 0. The molecule has 10 heavy (non-hydrogen) atoms. The van der Waals surface area contributed by atoms with Crippen LogP contribution in [0.15, 0.2) is 12.7 Å². The topological polar surface area (TPSA) is 0 Å². The van der Waals surface area contributed by atoms with Crippen LogP contribution < -0.4 is 0 Å². The highest BCUT2D eigenvalue weighted by molar-refractivity contribution is 5.13. The molecule has 0 radical (unpaired) electrons. The lowest BCUT2D eigenvalue weighted by atomic mass is 10.00. The SMILES string of the molecule is C=CC#CC(C)CC(C)C. The maximum absolute atomic E-state index is 3.54. The van der Waals surface area contributed by atoms with Gasteiger partial charge in [-0.25, -0.2) is 0 Å². The molecule has 0 saturated carbocycles. The zero-order valence-corrected chi connectivity index (χ0v) is 7.15. The van der Waals surface area contributed by atoms with Crippen LogP contribution in [-0.2, 0) is 0 Å². The third-order valence-electron chi connectivity index (χ3n) is 1.26. The van der Waals surface area contributed by atoms with Crippen molar-refractivity contribution < 1.29 is 0 Å². The van der Waals surface area contributed by atoms with E-state index in [0.717, 1.165) is 5.92 Å². The van der Waals surface area contributed by atoms with E-state index in [1.54, 1.807) is 6.08 Å². The van der Waals surface area contributed by atoms with Gasteiger partial charge in [-0.2, -0.15) is 0 Å². The normalized spacial score (nSPS) is 12.0. The monoisotopic (exact) mass is 136 g/mol. The molecule has 0 amide bonds. The Morgan fingerprint density at radius 3 is 2.40 bits per heavy atom. The second-order valence-electron chi connectivity index (χ2n) is 3.02. The number of rotatable bonds is 2. The summed E-state index contributed by atoms with van der Waals surface area (Å²) in [6, 6.07) is 0. The van der Waals surface area contributed by atoms with Gasteiger partial charge in [-0.1, -0.05) is 39.2 Å². The second kappa shape index (κ2) is 5.11. The molecule has 0 aliphatic heterocycles. The van der Waals surface area contributed by atoms with E-state index in [0.29, 0.717) is 5.92 Å². The van der Waals surface area contributed by atoms with Gasteiger partial charge in [0.2, 0.25) is 0 Å². The van der Waals surface area contributed by atoms with Crippen molar-refractivity contribution in [1.29, 1.82) is 0 Å². The van der Waals surface area contributed by atoms with Gasteiger partial charge < -0.3 is 0 Å². The second-order valence-corrected chi connectivity index (χ2v) is 3.02. The molecule has 0 saturated heterocycles. The minimum Gasteiger partial charge on any atom is -0.0954 e. The van der Waals surface area contributed by atoms with Crippen LogP contribution in [0.4, 0.5) is 0 Å². The Labute approximate surface area is 64.3 Å². The van der Waals surface area contributed by atoms with Crippen molar-refractivity contribution in [3.8, 4) is 11.8 Å². The van der Waals surface area contributed by atoms with E-state index in [-0.39, 0.29) is 0 Å². The molecule has 0 heterocycles. The fourth-order valence-corrected chi connectivity index (χ4v) is 0.967. The molecule has 0 aromatic carbocycles. The van der Waals surface area contributed by atoms with E-state index in [2.05, 4.69) is 39.2 Å².